The number of hydrogen-bond donors (Lipinski definition) is 1. The molecule has 102 valence electrons. The third-order valence-electron chi connectivity index (χ3n) is 3.80. The Morgan fingerprint density at radius 3 is 2.37 bits per heavy atom. The highest BCUT2D eigenvalue weighted by atomic mass is 16.3. The molecule has 0 radical (unpaired) electrons. The number of rotatable bonds is 2. The lowest BCUT2D eigenvalue weighted by Crippen LogP contribution is -2.38. The number of anilines is 1. The third kappa shape index (κ3) is 2.40. The quantitative estimate of drug-likeness (QED) is 0.865. The largest absolute Gasteiger partial charge is 0.508 e. The monoisotopic (exact) mass is 257 g/mol. The van der Waals surface area contributed by atoms with E-state index >= 15 is 0 Å². The summed E-state index contributed by atoms with van der Waals surface area (Å²) in [6.45, 7) is 8.64. The smallest absolute Gasteiger partial charge is 0.121 e. The number of benzene rings is 2. The standard InChI is InChI=1S/C17H23NO/c1-6-13-15(19)11-12-9-7-8-10-14(12)16(13)18(5)17(2,3)4/h7-11,19H,6H2,1-5H3. The van der Waals surface area contributed by atoms with Gasteiger partial charge in [0, 0.05) is 23.5 Å². The van der Waals surface area contributed by atoms with Crippen LogP contribution in [0.4, 0.5) is 5.69 Å². The van der Waals surface area contributed by atoms with Crippen LogP contribution in [0.1, 0.15) is 33.3 Å². The van der Waals surface area contributed by atoms with Crippen LogP contribution in [-0.4, -0.2) is 17.7 Å². The van der Waals surface area contributed by atoms with E-state index in [1.807, 2.05) is 12.1 Å². The van der Waals surface area contributed by atoms with Crippen LogP contribution in [0, 0.1) is 0 Å². The Bertz CT molecular complexity index is 596. The molecule has 2 heteroatoms. The summed E-state index contributed by atoms with van der Waals surface area (Å²) in [5, 5.41) is 12.6. The van der Waals surface area contributed by atoms with E-state index in [1.54, 1.807) is 0 Å². The molecule has 0 aliphatic rings. The first-order chi connectivity index (χ1) is 8.86. The van der Waals surface area contributed by atoms with E-state index in [9.17, 15) is 5.11 Å². The molecule has 0 spiro atoms. The van der Waals surface area contributed by atoms with Crippen LogP contribution in [0.15, 0.2) is 30.3 Å². The van der Waals surface area contributed by atoms with E-state index in [2.05, 4.69) is 57.8 Å². The fourth-order valence-corrected chi connectivity index (χ4v) is 2.42. The molecule has 0 saturated heterocycles. The van der Waals surface area contributed by atoms with Gasteiger partial charge in [-0.3, -0.25) is 0 Å². The molecular formula is C17H23NO. The molecular weight excluding hydrogens is 234 g/mol. The van der Waals surface area contributed by atoms with Gasteiger partial charge in [-0.1, -0.05) is 31.2 Å². The number of fused-ring (bicyclic) bond motifs is 1. The van der Waals surface area contributed by atoms with E-state index < -0.39 is 0 Å². The summed E-state index contributed by atoms with van der Waals surface area (Å²) >= 11 is 0. The van der Waals surface area contributed by atoms with E-state index in [4.69, 9.17) is 0 Å². The first-order valence-electron chi connectivity index (χ1n) is 6.83. The highest BCUT2D eigenvalue weighted by molar-refractivity contribution is 5.98. The SMILES string of the molecule is CCc1c(O)cc2ccccc2c1N(C)C(C)(C)C. The zero-order valence-electron chi connectivity index (χ0n) is 12.5. The Labute approximate surface area is 115 Å². The number of nitrogens with zero attached hydrogens (tertiary/aromatic N) is 1. The predicted molar refractivity (Wildman–Crippen MR) is 83.1 cm³/mol. The maximum atomic E-state index is 10.3. The molecule has 0 fully saturated rings. The van der Waals surface area contributed by atoms with Crippen LogP contribution in [-0.2, 0) is 6.42 Å². The summed E-state index contributed by atoms with van der Waals surface area (Å²) in [4.78, 5) is 2.26. The normalized spacial score (nSPS) is 11.8. The average molecular weight is 257 g/mol. The van der Waals surface area contributed by atoms with Crippen molar-refractivity contribution in [3.8, 4) is 5.75 Å². The molecule has 2 rings (SSSR count). The Hall–Kier alpha value is -1.70. The number of phenols is 1. The van der Waals surface area contributed by atoms with Gasteiger partial charge in [0.05, 0.1) is 5.69 Å². The van der Waals surface area contributed by atoms with Crippen LogP contribution in [0.3, 0.4) is 0 Å². The van der Waals surface area contributed by atoms with Crippen molar-refractivity contribution in [3.63, 3.8) is 0 Å². The molecule has 2 nitrogen and oxygen atoms in total. The fourth-order valence-electron chi connectivity index (χ4n) is 2.42. The van der Waals surface area contributed by atoms with Crippen LogP contribution >= 0.6 is 0 Å². The van der Waals surface area contributed by atoms with Gasteiger partial charge < -0.3 is 10.0 Å². The molecule has 2 aromatic carbocycles. The van der Waals surface area contributed by atoms with E-state index in [-0.39, 0.29) is 5.54 Å². The molecule has 0 unspecified atom stereocenters. The van der Waals surface area contributed by atoms with Crippen molar-refractivity contribution in [2.24, 2.45) is 0 Å². The van der Waals surface area contributed by atoms with Crippen molar-refractivity contribution in [2.45, 2.75) is 39.7 Å². The van der Waals surface area contributed by atoms with Crippen molar-refractivity contribution in [1.82, 2.24) is 0 Å². The third-order valence-corrected chi connectivity index (χ3v) is 3.80. The van der Waals surface area contributed by atoms with Gasteiger partial charge in [0.1, 0.15) is 5.75 Å². The Balaban J connectivity index is 2.81. The summed E-state index contributed by atoms with van der Waals surface area (Å²) < 4.78 is 0. The van der Waals surface area contributed by atoms with E-state index in [0.717, 1.165) is 23.1 Å². The average Bonchev–Trinajstić information content (AvgIpc) is 2.35. The second kappa shape index (κ2) is 4.76. The van der Waals surface area contributed by atoms with E-state index in [0.29, 0.717) is 5.75 Å². The fraction of sp³-hybridized carbons (Fsp3) is 0.412. The van der Waals surface area contributed by atoms with Gasteiger partial charge in [0.2, 0.25) is 0 Å². The lowest BCUT2D eigenvalue weighted by Gasteiger charge is -2.36. The Kier molecular flexibility index (Phi) is 3.44. The summed E-state index contributed by atoms with van der Waals surface area (Å²) in [7, 11) is 2.10. The van der Waals surface area contributed by atoms with Crippen LogP contribution < -0.4 is 4.90 Å². The molecule has 19 heavy (non-hydrogen) atoms. The summed E-state index contributed by atoms with van der Waals surface area (Å²) in [6.07, 6.45) is 0.826. The minimum Gasteiger partial charge on any atom is -0.508 e. The maximum absolute atomic E-state index is 10.3. The Morgan fingerprint density at radius 1 is 1.16 bits per heavy atom. The Morgan fingerprint density at radius 2 is 1.79 bits per heavy atom. The lowest BCUT2D eigenvalue weighted by molar-refractivity contribution is 0.468. The molecule has 0 heterocycles. The van der Waals surface area contributed by atoms with Crippen molar-refractivity contribution >= 4 is 16.5 Å². The number of aromatic hydroxyl groups is 1. The molecule has 0 aliphatic carbocycles. The highest BCUT2D eigenvalue weighted by Crippen LogP contribution is 2.39. The minimum atomic E-state index is 0.0144. The van der Waals surface area contributed by atoms with Gasteiger partial charge in [0.15, 0.2) is 0 Å². The van der Waals surface area contributed by atoms with Crippen LogP contribution in [0.25, 0.3) is 10.8 Å². The van der Waals surface area contributed by atoms with Crippen molar-refractivity contribution in [3.05, 3.63) is 35.9 Å². The molecule has 0 aliphatic heterocycles. The van der Waals surface area contributed by atoms with Gasteiger partial charge >= 0.3 is 0 Å². The topological polar surface area (TPSA) is 23.5 Å². The van der Waals surface area contributed by atoms with Gasteiger partial charge in [-0.05, 0) is 38.6 Å². The molecule has 0 atom stereocenters. The molecule has 0 bridgehead atoms. The van der Waals surface area contributed by atoms with Crippen molar-refractivity contribution < 1.29 is 5.11 Å². The minimum absolute atomic E-state index is 0.0144. The van der Waals surface area contributed by atoms with Crippen molar-refractivity contribution in [2.75, 3.05) is 11.9 Å². The van der Waals surface area contributed by atoms with Crippen molar-refractivity contribution in [1.29, 1.82) is 0 Å². The number of hydrogen-bond acceptors (Lipinski definition) is 2. The second-order valence-electron chi connectivity index (χ2n) is 6.03. The van der Waals surface area contributed by atoms with E-state index in [1.165, 1.54) is 5.39 Å². The summed E-state index contributed by atoms with van der Waals surface area (Å²) in [6, 6.07) is 10.1. The van der Waals surface area contributed by atoms with Gasteiger partial charge in [0.25, 0.3) is 0 Å². The lowest BCUT2D eigenvalue weighted by atomic mass is 9.96. The predicted octanol–water partition coefficient (Wildman–Crippen LogP) is 4.34. The van der Waals surface area contributed by atoms with Gasteiger partial charge in [-0.15, -0.1) is 0 Å². The molecule has 0 saturated carbocycles. The maximum Gasteiger partial charge on any atom is 0.121 e. The zero-order chi connectivity index (χ0) is 14.2. The highest BCUT2D eigenvalue weighted by Gasteiger charge is 2.23. The van der Waals surface area contributed by atoms with Crippen LogP contribution in [0.5, 0.6) is 5.75 Å². The first kappa shape index (κ1) is 13.7. The molecule has 1 N–H and O–H groups in total. The summed E-state index contributed by atoms with van der Waals surface area (Å²) in [5.41, 5.74) is 2.18. The van der Waals surface area contributed by atoms with Gasteiger partial charge in [-0.2, -0.15) is 0 Å². The zero-order valence-corrected chi connectivity index (χ0v) is 12.5. The summed E-state index contributed by atoms with van der Waals surface area (Å²) in [5.74, 6) is 0.396. The van der Waals surface area contributed by atoms with Crippen LogP contribution in [0.2, 0.25) is 0 Å². The second-order valence-corrected chi connectivity index (χ2v) is 6.03. The molecule has 2 aromatic rings. The molecule has 0 aromatic heterocycles. The molecule has 0 amide bonds. The first-order valence-corrected chi connectivity index (χ1v) is 6.83. The van der Waals surface area contributed by atoms with Gasteiger partial charge in [-0.25, -0.2) is 0 Å². The number of phenolic OH excluding ortho intramolecular Hbond substituents is 1.